The molecule has 0 radical (unpaired) electrons. The van der Waals surface area contributed by atoms with Crippen LogP contribution in [-0.2, 0) is 0 Å². The van der Waals surface area contributed by atoms with Crippen molar-refractivity contribution in [2.24, 2.45) is 0 Å². The molecular formula is C17H15BrCl2N2O3. The Labute approximate surface area is 163 Å². The van der Waals surface area contributed by atoms with Crippen LogP contribution in [0.15, 0.2) is 40.9 Å². The first kappa shape index (κ1) is 19.6. The summed E-state index contributed by atoms with van der Waals surface area (Å²) in [7, 11) is 1.41. The fourth-order valence-electron chi connectivity index (χ4n) is 2.12. The van der Waals surface area contributed by atoms with Crippen LogP contribution in [-0.4, -0.2) is 32.0 Å². The minimum Gasteiger partial charge on any atom is -0.494 e. The number of hydrogen-bond acceptors (Lipinski definition) is 3. The van der Waals surface area contributed by atoms with Crippen molar-refractivity contribution in [2.45, 2.75) is 0 Å². The van der Waals surface area contributed by atoms with E-state index < -0.39 is 5.91 Å². The van der Waals surface area contributed by atoms with Gasteiger partial charge in [-0.15, -0.1) is 0 Å². The molecule has 0 aliphatic rings. The maximum absolute atomic E-state index is 12.3. The lowest BCUT2D eigenvalue weighted by Crippen LogP contribution is -2.35. The van der Waals surface area contributed by atoms with E-state index in [2.05, 4.69) is 26.6 Å². The number of benzene rings is 2. The van der Waals surface area contributed by atoms with Gasteiger partial charge in [0.05, 0.1) is 17.2 Å². The Hall–Kier alpha value is -1.76. The summed E-state index contributed by atoms with van der Waals surface area (Å²) < 4.78 is 5.96. The predicted molar refractivity (Wildman–Crippen MR) is 102 cm³/mol. The first-order valence-electron chi connectivity index (χ1n) is 7.28. The highest BCUT2D eigenvalue weighted by molar-refractivity contribution is 9.10. The van der Waals surface area contributed by atoms with Crippen LogP contribution in [0.25, 0.3) is 0 Å². The lowest BCUT2D eigenvalue weighted by Gasteiger charge is -2.12. The van der Waals surface area contributed by atoms with Crippen molar-refractivity contribution >= 4 is 50.9 Å². The largest absolute Gasteiger partial charge is 0.494 e. The van der Waals surface area contributed by atoms with E-state index in [9.17, 15) is 9.59 Å². The standard InChI is InChI=1S/C17H15BrCl2N2O3/c1-25-15-13(20)6-5-12(19)14(15)17(24)22-8-7-21-16(23)10-3-2-4-11(18)9-10/h2-6,9H,7-8H2,1H3,(H,21,23)(H,22,24). The molecule has 2 amide bonds. The molecule has 0 unspecified atom stereocenters. The van der Waals surface area contributed by atoms with Gasteiger partial charge in [-0.05, 0) is 30.3 Å². The van der Waals surface area contributed by atoms with Crippen LogP contribution in [0.5, 0.6) is 5.75 Å². The molecule has 5 nitrogen and oxygen atoms in total. The van der Waals surface area contributed by atoms with E-state index in [-0.39, 0.29) is 35.3 Å². The Morgan fingerprint density at radius 1 is 1.04 bits per heavy atom. The fraction of sp³-hybridized carbons (Fsp3) is 0.176. The van der Waals surface area contributed by atoms with Crippen LogP contribution < -0.4 is 15.4 Å². The van der Waals surface area contributed by atoms with Crippen molar-refractivity contribution in [1.82, 2.24) is 10.6 Å². The second kappa shape index (κ2) is 9.08. The summed E-state index contributed by atoms with van der Waals surface area (Å²) >= 11 is 15.4. The predicted octanol–water partition coefficient (Wildman–Crippen LogP) is 3.92. The molecular weight excluding hydrogens is 431 g/mol. The van der Waals surface area contributed by atoms with E-state index in [0.717, 1.165) is 4.47 Å². The van der Waals surface area contributed by atoms with Crippen LogP contribution in [0.4, 0.5) is 0 Å². The third-order valence-corrected chi connectivity index (χ3v) is 4.38. The lowest BCUT2D eigenvalue weighted by atomic mass is 10.2. The molecule has 0 saturated carbocycles. The molecule has 0 heterocycles. The van der Waals surface area contributed by atoms with Crippen molar-refractivity contribution < 1.29 is 14.3 Å². The fourth-order valence-corrected chi connectivity index (χ4v) is 2.99. The molecule has 0 aliphatic heterocycles. The summed E-state index contributed by atoms with van der Waals surface area (Å²) in [5.74, 6) is -0.445. The van der Waals surface area contributed by atoms with E-state index in [4.69, 9.17) is 27.9 Å². The molecule has 2 rings (SSSR count). The molecule has 2 aromatic rings. The van der Waals surface area contributed by atoms with Crippen molar-refractivity contribution in [3.8, 4) is 5.75 Å². The van der Waals surface area contributed by atoms with Crippen LogP contribution in [0, 0.1) is 0 Å². The maximum Gasteiger partial charge on any atom is 0.256 e. The van der Waals surface area contributed by atoms with E-state index in [1.54, 1.807) is 24.3 Å². The van der Waals surface area contributed by atoms with Gasteiger partial charge < -0.3 is 15.4 Å². The number of carbonyl (C=O) groups excluding carboxylic acids is 2. The van der Waals surface area contributed by atoms with Gasteiger partial charge in [0.25, 0.3) is 11.8 Å². The number of hydrogen-bond donors (Lipinski definition) is 2. The van der Waals surface area contributed by atoms with Crippen LogP contribution in [0.2, 0.25) is 10.0 Å². The molecule has 2 N–H and O–H groups in total. The van der Waals surface area contributed by atoms with E-state index in [0.29, 0.717) is 10.6 Å². The van der Waals surface area contributed by atoms with Gasteiger partial charge in [0.2, 0.25) is 0 Å². The lowest BCUT2D eigenvalue weighted by molar-refractivity contribution is 0.0926. The summed E-state index contributed by atoms with van der Waals surface area (Å²) in [5, 5.41) is 5.92. The highest BCUT2D eigenvalue weighted by Gasteiger charge is 2.19. The third-order valence-electron chi connectivity index (χ3n) is 3.27. The molecule has 0 saturated heterocycles. The zero-order chi connectivity index (χ0) is 18.4. The zero-order valence-corrected chi connectivity index (χ0v) is 16.3. The van der Waals surface area contributed by atoms with Gasteiger partial charge in [-0.2, -0.15) is 0 Å². The van der Waals surface area contributed by atoms with E-state index >= 15 is 0 Å². The first-order chi connectivity index (χ1) is 11.9. The summed E-state index contributed by atoms with van der Waals surface area (Å²) in [5.41, 5.74) is 0.690. The van der Waals surface area contributed by atoms with Crippen molar-refractivity contribution in [3.63, 3.8) is 0 Å². The third kappa shape index (κ3) is 5.11. The Balaban J connectivity index is 1.91. The molecule has 2 aromatic carbocycles. The van der Waals surface area contributed by atoms with E-state index in [1.165, 1.54) is 13.2 Å². The summed E-state index contributed by atoms with van der Waals surface area (Å²) in [6.45, 7) is 0.488. The number of amides is 2. The second-order valence-electron chi connectivity index (χ2n) is 4.96. The Morgan fingerprint density at radius 3 is 2.32 bits per heavy atom. The van der Waals surface area contributed by atoms with Crippen molar-refractivity contribution in [2.75, 3.05) is 20.2 Å². The average Bonchev–Trinajstić information content (AvgIpc) is 2.59. The van der Waals surface area contributed by atoms with Crippen LogP contribution >= 0.6 is 39.1 Å². The minimum absolute atomic E-state index is 0.162. The van der Waals surface area contributed by atoms with E-state index in [1.807, 2.05) is 6.07 Å². The second-order valence-corrected chi connectivity index (χ2v) is 6.69. The van der Waals surface area contributed by atoms with Gasteiger partial charge in [-0.1, -0.05) is 45.2 Å². The molecule has 0 fully saturated rings. The number of rotatable bonds is 6. The molecule has 132 valence electrons. The minimum atomic E-state index is -0.430. The van der Waals surface area contributed by atoms with Gasteiger partial charge in [0, 0.05) is 23.1 Å². The molecule has 0 atom stereocenters. The molecule has 0 spiro atoms. The number of nitrogens with one attached hydrogen (secondary N) is 2. The van der Waals surface area contributed by atoms with Crippen LogP contribution in [0.1, 0.15) is 20.7 Å². The quantitative estimate of drug-likeness (QED) is 0.662. The smallest absolute Gasteiger partial charge is 0.256 e. The highest BCUT2D eigenvalue weighted by Crippen LogP contribution is 2.33. The van der Waals surface area contributed by atoms with Crippen molar-refractivity contribution in [3.05, 3.63) is 62.0 Å². The Kier molecular flexibility index (Phi) is 7.11. The number of ether oxygens (including phenoxy) is 1. The van der Waals surface area contributed by atoms with Gasteiger partial charge >= 0.3 is 0 Å². The van der Waals surface area contributed by atoms with Gasteiger partial charge in [-0.3, -0.25) is 9.59 Å². The molecule has 0 aliphatic carbocycles. The molecule has 0 bridgehead atoms. The molecule has 25 heavy (non-hydrogen) atoms. The maximum atomic E-state index is 12.3. The topological polar surface area (TPSA) is 67.4 Å². The number of carbonyl (C=O) groups is 2. The van der Waals surface area contributed by atoms with Crippen LogP contribution in [0.3, 0.4) is 0 Å². The van der Waals surface area contributed by atoms with Gasteiger partial charge in [-0.25, -0.2) is 0 Å². The zero-order valence-electron chi connectivity index (χ0n) is 13.2. The summed E-state index contributed by atoms with van der Waals surface area (Å²) in [6.07, 6.45) is 0. The molecule has 8 heteroatoms. The SMILES string of the molecule is COc1c(Cl)ccc(Cl)c1C(=O)NCCNC(=O)c1cccc(Br)c1. The van der Waals surface area contributed by atoms with Gasteiger partial charge in [0.15, 0.2) is 5.75 Å². The number of halogens is 3. The first-order valence-corrected chi connectivity index (χ1v) is 8.83. The Morgan fingerprint density at radius 2 is 1.68 bits per heavy atom. The average molecular weight is 446 g/mol. The van der Waals surface area contributed by atoms with Gasteiger partial charge in [0.1, 0.15) is 5.56 Å². The normalized spacial score (nSPS) is 10.2. The highest BCUT2D eigenvalue weighted by atomic mass is 79.9. The Bertz CT molecular complexity index is 799. The monoisotopic (exact) mass is 444 g/mol. The molecule has 0 aromatic heterocycles. The number of methoxy groups -OCH3 is 1. The summed E-state index contributed by atoms with van der Waals surface area (Å²) in [6, 6.07) is 10.1. The summed E-state index contributed by atoms with van der Waals surface area (Å²) in [4.78, 5) is 24.3. The van der Waals surface area contributed by atoms with Crippen molar-refractivity contribution in [1.29, 1.82) is 0 Å².